The molecular weight excluding hydrogens is 200 g/mol. The van der Waals surface area contributed by atoms with Crippen LogP contribution in [0.25, 0.3) is 0 Å². The molecule has 0 N–H and O–H groups in total. The Hall–Kier alpha value is 0.350. The summed E-state index contributed by atoms with van der Waals surface area (Å²) in [6.07, 6.45) is 13.9. The highest BCUT2D eigenvalue weighted by Gasteiger charge is 2.10. The fourth-order valence-electron chi connectivity index (χ4n) is 1.86. The van der Waals surface area contributed by atoms with Crippen LogP contribution >= 0.6 is 12.6 Å². The molecule has 0 fully saturated rings. The van der Waals surface area contributed by atoms with Crippen LogP contribution in [0.15, 0.2) is 0 Å². The van der Waals surface area contributed by atoms with Crippen molar-refractivity contribution in [3.05, 3.63) is 0 Å². The number of rotatable bonds is 10. The van der Waals surface area contributed by atoms with Crippen LogP contribution in [0.1, 0.15) is 85.0 Å². The second-order valence-corrected chi connectivity index (χ2v) is 6.44. The molecule has 0 aromatic rings. The maximum Gasteiger partial charge on any atom is 0.0207 e. The van der Waals surface area contributed by atoms with Gasteiger partial charge in [-0.2, -0.15) is 0 Å². The van der Waals surface area contributed by atoms with Crippen LogP contribution in [0.4, 0.5) is 0 Å². The minimum atomic E-state index is 0.126. The third kappa shape index (κ3) is 14.4. The smallest absolute Gasteiger partial charge is 0.0207 e. The molecule has 0 aromatic carbocycles. The minimum absolute atomic E-state index is 0.126. The van der Waals surface area contributed by atoms with Gasteiger partial charge in [0.15, 0.2) is 0 Å². The minimum Gasteiger partial charge on any atom is -0.0873 e. The first-order valence-corrected chi connectivity index (χ1v) is 7.17. The van der Waals surface area contributed by atoms with Gasteiger partial charge in [-0.15, -0.1) is 0 Å². The molecule has 15 heavy (non-hydrogen) atoms. The van der Waals surface area contributed by atoms with Gasteiger partial charge in [0.1, 0.15) is 0 Å². The Morgan fingerprint density at radius 1 is 0.733 bits per heavy atom. The van der Waals surface area contributed by atoms with Crippen LogP contribution in [0.5, 0.6) is 0 Å². The molecule has 0 bridgehead atoms. The van der Waals surface area contributed by atoms with E-state index in [0.717, 1.165) is 0 Å². The van der Waals surface area contributed by atoms with Gasteiger partial charge in [0.25, 0.3) is 0 Å². The summed E-state index contributed by atoms with van der Waals surface area (Å²) in [7, 11) is 0. The van der Waals surface area contributed by atoms with Crippen LogP contribution < -0.4 is 0 Å². The van der Waals surface area contributed by atoms with Crippen LogP contribution in [-0.4, -0.2) is 4.75 Å². The van der Waals surface area contributed by atoms with E-state index < -0.39 is 0 Å². The first-order valence-electron chi connectivity index (χ1n) is 6.76. The fourth-order valence-corrected chi connectivity index (χ4v) is 2.01. The molecule has 0 spiro atoms. The summed E-state index contributed by atoms with van der Waals surface area (Å²) in [5.41, 5.74) is 0. The molecule has 91 valence electrons. The van der Waals surface area contributed by atoms with Gasteiger partial charge in [-0.1, -0.05) is 77.3 Å². The molecule has 0 unspecified atom stereocenters. The van der Waals surface area contributed by atoms with Crippen molar-refractivity contribution in [3.63, 3.8) is 0 Å². The fraction of sp³-hybridized carbons (Fsp3) is 1.00. The van der Waals surface area contributed by atoms with E-state index in [2.05, 4.69) is 20.8 Å². The summed E-state index contributed by atoms with van der Waals surface area (Å²) >= 11 is 5.33. The van der Waals surface area contributed by atoms with E-state index in [1.54, 1.807) is 0 Å². The maximum atomic E-state index is 5.33. The molecule has 0 atom stereocenters. The molecule has 0 heterocycles. The van der Waals surface area contributed by atoms with E-state index in [-0.39, 0.29) is 4.75 Å². The van der Waals surface area contributed by atoms with Crippen molar-refractivity contribution in [3.8, 4) is 0 Å². The van der Waals surface area contributed by atoms with Gasteiger partial charge in [-0.3, -0.25) is 0 Å². The summed E-state index contributed by atoms with van der Waals surface area (Å²) in [5, 5.41) is 0. The van der Waals surface area contributed by atoms with Gasteiger partial charge in [0.05, 0.1) is 0 Å². The zero-order valence-electron chi connectivity index (χ0n) is 11.0. The van der Waals surface area contributed by atoms with Gasteiger partial charge in [0, 0.05) is 4.75 Å². The number of hydrogen-bond acceptors (Lipinski definition) is 0. The van der Waals surface area contributed by atoms with Gasteiger partial charge in [-0.05, 0) is 20.3 Å². The summed E-state index contributed by atoms with van der Waals surface area (Å²) in [6, 6.07) is 0. The third-order valence-electron chi connectivity index (χ3n) is 2.88. The largest absolute Gasteiger partial charge is 0.0873 e. The van der Waals surface area contributed by atoms with Crippen LogP contribution in [-0.2, 0) is 0 Å². The Balaban J connectivity index is 2.99. The average Bonchev–Trinajstić information content (AvgIpc) is 2.14. The second-order valence-electron chi connectivity index (χ2n) is 5.34. The Bertz CT molecular complexity index is 124. The first kappa shape index (κ1) is 15.3. The highest BCUT2D eigenvalue weighted by Crippen LogP contribution is 2.21. The Kier molecular flexibility index (Phi) is 9.79. The van der Waals surface area contributed by atoms with Gasteiger partial charge >= 0.3 is 0 Å². The van der Waals surface area contributed by atoms with Gasteiger partial charge in [-0.25, -0.2) is 0 Å². The van der Waals surface area contributed by atoms with E-state index in [0.29, 0.717) is 0 Å². The standard InChI is InChI=1S/C14H29S/c1-4-5-6-7-8-9-10-11-12-13-14(2,3)15/h4-13H2,1-3H3. The number of unbranched alkanes of at least 4 members (excludes halogenated alkanes) is 8. The lowest BCUT2D eigenvalue weighted by Gasteiger charge is -2.15. The molecule has 0 saturated heterocycles. The quantitative estimate of drug-likeness (QED) is 0.410. The predicted octanol–water partition coefficient (Wildman–Crippen LogP) is 5.88. The van der Waals surface area contributed by atoms with Gasteiger partial charge in [0.2, 0.25) is 0 Å². The molecular formula is C14H29S. The maximum absolute atomic E-state index is 5.33. The summed E-state index contributed by atoms with van der Waals surface area (Å²) in [5.74, 6) is 0. The summed E-state index contributed by atoms with van der Waals surface area (Å²) in [4.78, 5) is 0. The van der Waals surface area contributed by atoms with Crippen molar-refractivity contribution < 1.29 is 0 Å². The van der Waals surface area contributed by atoms with Crippen molar-refractivity contribution >= 4 is 12.6 Å². The van der Waals surface area contributed by atoms with E-state index in [1.807, 2.05) is 0 Å². The average molecular weight is 229 g/mol. The summed E-state index contributed by atoms with van der Waals surface area (Å²) in [6.45, 7) is 6.59. The van der Waals surface area contributed by atoms with E-state index in [9.17, 15) is 0 Å². The van der Waals surface area contributed by atoms with Gasteiger partial charge < -0.3 is 0 Å². The first-order chi connectivity index (χ1) is 7.06. The monoisotopic (exact) mass is 229 g/mol. The summed E-state index contributed by atoms with van der Waals surface area (Å²) < 4.78 is 0.126. The Morgan fingerprint density at radius 3 is 1.53 bits per heavy atom. The molecule has 0 amide bonds. The molecule has 0 saturated carbocycles. The van der Waals surface area contributed by atoms with Crippen molar-refractivity contribution in [1.82, 2.24) is 0 Å². The van der Waals surface area contributed by atoms with Crippen molar-refractivity contribution in [2.24, 2.45) is 0 Å². The second kappa shape index (κ2) is 9.57. The van der Waals surface area contributed by atoms with Crippen molar-refractivity contribution in [1.29, 1.82) is 0 Å². The van der Waals surface area contributed by atoms with Crippen LogP contribution in [0.2, 0.25) is 0 Å². The molecule has 0 nitrogen and oxygen atoms in total. The van der Waals surface area contributed by atoms with E-state index in [1.165, 1.54) is 64.2 Å². The normalized spacial score (nSPS) is 12.0. The SMILES string of the molecule is CCCCCCCCCCCC(C)(C)[S]. The molecule has 0 aliphatic rings. The predicted molar refractivity (Wildman–Crippen MR) is 73.5 cm³/mol. The lowest BCUT2D eigenvalue weighted by atomic mass is 10.0. The van der Waals surface area contributed by atoms with Crippen molar-refractivity contribution in [2.75, 3.05) is 0 Å². The molecule has 0 aliphatic heterocycles. The Labute approximate surface area is 103 Å². The van der Waals surface area contributed by atoms with Crippen LogP contribution in [0, 0.1) is 0 Å². The Morgan fingerprint density at radius 2 is 1.13 bits per heavy atom. The van der Waals surface area contributed by atoms with Crippen molar-refractivity contribution in [2.45, 2.75) is 89.7 Å². The highest BCUT2D eigenvalue weighted by molar-refractivity contribution is 7.81. The topological polar surface area (TPSA) is 0 Å². The molecule has 0 rings (SSSR count). The lowest BCUT2D eigenvalue weighted by molar-refractivity contribution is 0.530. The number of hydrogen-bond donors (Lipinski definition) is 0. The zero-order valence-corrected chi connectivity index (χ0v) is 11.8. The van der Waals surface area contributed by atoms with Crippen LogP contribution in [0.3, 0.4) is 0 Å². The molecule has 1 heteroatoms. The molecule has 0 aromatic heterocycles. The van der Waals surface area contributed by atoms with E-state index >= 15 is 0 Å². The molecule has 0 aliphatic carbocycles. The molecule has 1 radical (unpaired) electrons. The zero-order chi connectivity index (χ0) is 11.6. The lowest BCUT2D eigenvalue weighted by Crippen LogP contribution is -2.09. The van der Waals surface area contributed by atoms with E-state index in [4.69, 9.17) is 12.6 Å². The third-order valence-corrected chi connectivity index (χ3v) is 3.09. The highest BCUT2D eigenvalue weighted by atomic mass is 32.1.